The van der Waals surface area contributed by atoms with E-state index in [4.69, 9.17) is 11.6 Å². The van der Waals surface area contributed by atoms with E-state index >= 15 is 0 Å². The molecule has 1 aromatic carbocycles. The van der Waals surface area contributed by atoms with E-state index < -0.39 is 5.82 Å². The van der Waals surface area contributed by atoms with Gasteiger partial charge in [-0.05, 0) is 48.9 Å². The number of hydrogen-bond acceptors (Lipinski definition) is 7. The molecule has 1 aliphatic rings. The van der Waals surface area contributed by atoms with Crippen molar-refractivity contribution in [2.45, 2.75) is 12.8 Å². The monoisotopic (exact) mass is 510 g/mol. The van der Waals surface area contributed by atoms with Gasteiger partial charge in [-0.2, -0.15) is 0 Å². The largest absolute Gasteiger partial charge is 0.355 e. The van der Waals surface area contributed by atoms with E-state index in [0.29, 0.717) is 45.7 Å². The Hall–Kier alpha value is -3.63. The van der Waals surface area contributed by atoms with Crippen molar-refractivity contribution in [2.75, 3.05) is 17.2 Å². The molecule has 2 amide bonds. The lowest BCUT2D eigenvalue weighted by atomic mass is 10.2. The summed E-state index contributed by atoms with van der Waals surface area (Å²) in [5, 5.41) is 9.28. The Balaban J connectivity index is 1.15. The topological polar surface area (TPSA) is 109 Å². The molecule has 3 aromatic heterocycles. The van der Waals surface area contributed by atoms with Crippen molar-refractivity contribution in [2.24, 2.45) is 11.8 Å². The van der Waals surface area contributed by atoms with Crippen molar-refractivity contribution >= 4 is 61.7 Å². The molecule has 11 heteroatoms. The van der Waals surface area contributed by atoms with Crippen LogP contribution >= 0.6 is 22.9 Å². The molecule has 1 fully saturated rings. The third-order valence-corrected chi connectivity index (χ3v) is 6.67. The van der Waals surface area contributed by atoms with Gasteiger partial charge in [-0.1, -0.05) is 29.0 Å². The zero-order valence-corrected chi connectivity index (χ0v) is 19.9. The normalized spacial score (nSPS) is 16.6. The fourth-order valence-electron chi connectivity index (χ4n) is 3.63. The molecule has 2 unspecified atom stereocenters. The van der Waals surface area contributed by atoms with Crippen LogP contribution in [0.25, 0.3) is 10.3 Å². The smallest absolute Gasteiger partial charge is 0.230 e. The number of benzene rings is 1. The summed E-state index contributed by atoms with van der Waals surface area (Å²) < 4.78 is 14.1. The predicted octanol–water partition coefficient (Wildman–Crippen LogP) is 4.56. The first-order valence-electron chi connectivity index (χ1n) is 10.9. The number of carbonyl (C=O) groups is 2. The number of carbonyl (C=O) groups excluding carboxylic acids is 2. The van der Waals surface area contributed by atoms with Gasteiger partial charge in [-0.25, -0.2) is 14.4 Å². The lowest BCUT2D eigenvalue weighted by molar-refractivity contribution is -0.125. The quantitative estimate of drug-likeness (QED) is 0.321. The first-order valence-corrected chi connectivity index (χ1v) is 12.1. The molecule has 0 radical (unpaired) electrons. The molecule has 3 N–H and O–H groups in total. The predicted molar refractivity (Wildman–Crippen MR) is 133 cm³/mol. The van der Waals surface area contributed by atoms with Crippen LogP contribution in [0.3, 0.4) is 0 Å². The SMILES string of the molecule is O=C(NCCc1ccccn1)C1CC1C(=O)Nc1nc2ccc(Nc3ccc(Cl)cc3F)nc2s1. The summed E-state index contributed by atoms with van der Waals surface area (Å²) in [6.07, 6.45) is 2.86. The highest BCUT2D eigenvalue weighted by Crippen LogP contribution is 2.40. The molecular formula is C24H20ClFN6O2S. The molecule has 4 aromatic rings. The molecular weight excluding hydrogens is 491 g/mol. The van der Waals surface area contributed by atoms with E-state index in [-0.39, 0.29) is 29.3 Å². The number of halogens is 2. The minimum Gasteiger partial charge on any atom is -0.355 e. The Kier molecular flexibility index (Phi) is 6.56. The fourth-order valence-corrected chi connectivity index (χ4v) is 4.63. The average Bonchev–Trinajstić information content (AvgIpc) is 3.55. The molecule has 178 valence electrons. The second-order valence-corrected chi connectivity index (χ2v) is 9.50. The number of aromatic nitrogens is 3. The number of rotatable bonds is 8. The number of hydrogen-bond donors (Lipinski definition) is 3. The Morgan fingerprint density at radius 2 is 1.94 bits per heavy atom. The maximum absolute atomic E-state index is 14.1. The Bertz CT molecular complexity index is 1400. The second kappa shape index (κ2) is 9.93. The number of pyridine rings is 2. The molecule has 3 heterocycles. The molecule has 8 nitrogen and oxygen atoms in total. The van der Waals surface area contributed by atoms with Gasteiger partial charge in [0.25, 0.3) is 0 Å². The Labute approximate surface area is 209 Å². The lowest BCUT2D eigenvalue weighted by Gasteiger charge is -2.06. The number of fused-ring (bicyclic) bond motifs is 1. The third kappa shape index (κ3) is 5.55. The van der Waals surface area contributed by atoms with E-state index in [0.717, 1.165) is 5.69 Å². The van der Waals surface area contributed by atoms with Crippen molar-refractivity contribution < 1.29 is 14.0 Å². The van der Waals surface area contributed by atoms with Crippen LogP contribution in [0.1, 0.15) is 12.1 Å². The minimum atomic E-state index is -0.489. The van der Waals surface area contributed by atoms with E-state index in [1.807, 2.05) is 18.2 Å². The first-order chi connectivity index (χ1) is 17.0. The van der Waals surface area contributed by atoms with Crippen LogP contribution < -0.4 is 16.0 Å². The summed E-state index contributed by atoms with van der Waals surface area (Å²) in [5.74, 6) is -1.14. The number of nitrogens with one attached hydrogen (secondary N) is 3. The zero-order valence-electron chi connectivity index (χ0n) is 18.3. The van der Waals surface area contributed by atoms with Crippen LogP contribution in [0.4, 0.5) is 21.0 Å². The highest BCUT2D eigenvalue weighted by Gasteiger charge is 2.48. The van der Waals surface area contributed by atoms with Crippen LogP contribution in [0.15, 0.2) is 54.7 Å². The standard InChI is InChI=1S/C24H20ClFN6O2S/c25-13-4-5-18(17(26)11-13)29-20-7-6-19-23(31-20)35-24(30-19)32-22(34)16-12-15(16)21(33)28-10-8-14-3-1-2-9-27-14/h1-7,9,11,15-16H,8,10,12H2,(H,28,33)(H,29,31)(H,30,32,34). The number of anilines is 3. The van der Waals surface area contributed by atoms with Gasteiger partial charge in [0.1, 0.15) is 22.0 Å². The molecule has 5 rings (SSSR count). The van der Waals surface area contributed by atoms with Crippen LogP contribution in [0, 0.1) is 17.7 Å². The summed E-state index contributed by atoms with van der Waals surface area (Å²) >= 11 is 7.00. The van der Waals surface area contributed by atoms with Crippen molar-refractivity contribution in [3.8, 4) is 0 Å². The van der Waals surface area contributed by atoms with Gasteiger partial charge in [0.15, 0.2) is 5.13 Å². The van der Waals surface area contributed by atoms with Crippen LogP contribution in [0.5, 0.6) is 0 Å². The van der Waals surface area contributed by atoms with Gasteiger partial charge in [0.2, 0.25) is 11.8 Å². The summed E-state index contributed by atoms with van der Waals surface area (Å²) in [7, 11) is 0. The number of thiazole rings is 1. The van der Waals surface area contributed by atoms with Crippen molar-refractivity contribution in [1.82, 2.24) is 20.3 Å². The third-order valence-electron chi connectivity index (χ3n) is 5.55. The first kappa shape index (κ1) is 23.1. The van der Waals surface area contributed by atoms with Crippen LogP contribution in [-0.4, -0.2) is 33.3 Å². The van der Waals surface area contributed by atoms with E-state index in [1.165, 1.54) is 23.5 Å². The molecule has 0 spiro atoms. The van der Waals surface area contributed by atoms with Gasteiger partial charge >= 0.3 is 0 Å². The van der Waals surface area contributed by atoms with Crippen molar-refractivity contribution in [3.63, 3.8) is 0 Å². The fraction of sp³-hybridized carbons (Fsp3) is 0.208. The van der Waals surface area contributed by atoms with Gasteiger partial charge in [0.05, 0.1) is 17.5 Å². The van der Waals surface area contributed by atoms with Crippen LogP contribution in [-0.2, 0) is 16.0 Å². The van der Waals surface area contributed by atoms with Gasteiger partial charge in [-0.3, -0.25) is 14.6 Å². The molecule has 0 aliphatic heterocycles. The zero-order chi connectivity index (χ0) is 24.4. The maximum Gasteiger partial charge on any atom is 0.230 e. The van der Waals surface area contributed by atoms with Gasteiger partial charge in [0, 0.05) is 29.9 Å². The van der Waals surface area contributed by atoms with Gasteiger partial charge < -0.3 is 16.0 Å². The van der Waals surface area contributed by atoms with Crippen molar-refractivity contribution in [3.05, 3.63) is 71.3 Å². The lowest BCUT2D eigenvalue weighted by Crippen LogP contribution is -2.29. The van der Waals surface area contributed by atoms with E-state index in [1.54, 1.807) is 24.4 Å². The maximum atomic E-state index is 14.1. The number of nitrogens with zero attached hydrogens (tertiary/aromatic N) is 3. The van der Waals surface area contributed by atoms with E-state index in [2.05, 4.69) is 30.9 Å². The van der Waals surface area contributed by atoms with E-state index in [9.17, 15) is 14.0 Å². The van der Waals surface area contributed by atoms with Crippen molar-refractivity contribution in [1.29, 1.82) is 0 Å². The highest BCUT2D eigenvalue weighted by atomic mass is 35.5. The average molecular weight is 511 g/mol. The Morgan fingerprint density at radius 1 is 1.09 bits per heavy atom. The molecule has 1 saturated carbocycles. The number of amides is 2. The molecule has 2 atom stereocenters. The molecule has 35 heavy (non-hydrogen) atoms. The molecule has 0 saturated heterocycles. The summed E-state index contributed by atoms with van der Waals surface area (Å²) in [4.78, 5) is 38.6. The highest BCUT2D eigenvalue weighted by molar-refractivity contribution is 7.22. The second-order valence-electron chi connectivity index (χ2n) is 8.09. The van der Waals surface area contributed by atoms with Gasteiger partial charge in [-0.15, -0.1) is 0 Å². The van der Waals surface area contributed by atoms with Crippen LogP contribution in [0.2, 0.25) is 5.02 Å². The molecule has 0 bridgehead atoms. The molecule has 1 aliphatic carbocycles. The Morgan fingerprint density at radius 3 is 2.74 bits per heavy atom. The summed E-state index contributed by atoms with van der Waals surface area (Å²) in [6, 6.07) is 13.4. The summed E-state index contributed by atoms with van der Waals surface area (Å²) in [5.41, 5.74) is 1.75. The minimum absolute atomic E-state index is 0.128. The summed E-state index contributed by atoms with van der Waals surface area (Å²) in [6.45, 7) is 0.473.